The number of ether oxygens (including phenoxy) is 1. The van der Waals surface area contributed by atoms with Crippen LogP contribution in [0.2, 0.25) is 0 Å². The lowest BCUT2D eigenvalue weighted by atomic mass is 9.96. The summed E-state index contributed by atoms with van der Waals surface area (Å²) in [5.74, 6) is 1.04. The van der Waals surface area contributed by atoms with Crippen LogP contribution in [-0.2, 0) is 6.61 Å². The standard InChI is InChI=1S/C13H10O2/c14-11-6-3-7-12-13(11)10-5-2-1-4-9(10)8-15-12/h1-7,14H,8H2. The lowest BCUT2D eigenvalue weighted by Crippen LogP contribution is -2.04. The van der Waals surface area contributed by atoms with Gasteiger partial charge in [0.25, 0.3) is 0 Å². The normalized spacial score (nSPS) is 12.5. The van der Waals surface area contributed by atoms with Gasteiger partial charge in [-0.25, -0.2) is 0 Å². The Labute approximate surface area is 87.8 Å². The molecule has 1 N–H and O–H groups in total. The average molecular weight is 198 g/mol. The maximum absolute atomic E-state index is 9.82. The molecule has 2 aromatic rings. The lowest BCUT2D eigenvalue weighted by molar-refractivity contribution is 0.300. The Bertz CT molecular complexity index is 518. The molecular formula is C13H10O2. The Balaban J connectivity index is 2.33. The smallest absolute Gasteiger partial charge is 0.131 e. The van der Waals surface area contributed by atoms with Gasteiger partial charge >= 0.3 is 0 Å². The fourth-order valence-corrected chi connectivity index (χ4v) is 1.96. The van der Waals surface area contributed by atoms with Gasteiger partial charge in [0, 0.05) is 0 Å². The largest absolute Gasteiger partial charge is 0.507 e. The minimum absolute atomic E-state index is 0.277. The molecule has 0 amide bonds. The van der Waals surface area contributed by atoms with Gasteiger partial charge in [-0.3, -0.25) is 0 Å². The molecule has 3 rings (SSSR count). The van der Waals surface area contributed by atoms with Gasteiger partial charge in [0.15, 0.2) is 0 Å². The molecule has 0 unspecified atom stereocenters. The van der Waals surface area contributed by atoms with Crippen LogP contribution in [0.4, 0.5) is 0 Å². The fraction of sp³-hybridized carbons (Fsp3) is 0.0769. The van der Waals surface area contributed by atoms with E-state index in [4.69, 9.17) is 4.74 Å². The summed E-state index contributed by atoms with van der Waals surface area (Å²) in [6, 6.07) is 13.3. The van der Waals surface area contributed by atoms with Crippen molar-refractivity contribution in [3.63, 3.8) is 0 Å². The van der Waals surface area contributed by atoms with E-state index < -0.39 is 0 Å². The van der Waals surface area contributed by atoms with E-state index in [1.165, 1.54) is 0 Å². The number of benzene rings is 2. The Morgan fingerprint density at radius 2 is 1.87 bits per heavy atom. The van der Waals surface area contributed by atoms with Crippen molar-refractivity contribution in [3.8, 4) is 22.6 Å². The molecule has 0 fully saturated rings. The molecule has 0 atom stereocenters. The molecule has 74 valence electrons. The van der Waals surface area contributed by atoms with Gasteiger partial charge in [0.2, 0.25) is 0 Å². The van der Waals surface area contributed by atoms with Gasteiger partial charge in [-0.1, -0.05) is 30.3 Å². The zero-order valence-electron chi connectivity index (χ0n) is 8.10. The summed E-state index contributed by atoms with van der Waals surface area (Å²) in [6.45, 7) is 0.576. The molecule has 1 aliphatic rings. The van der Waals surface area contributed by atoms with Crippen LogP contribution in [0.15, 0.2) is 42.5 Å². The van der Waals surface area contributed by atoms with Crippen LogP contribution >= 0.6 is 0 Å². The number of hydrogen-bond acceptors (Lipinski definition) is 2. The van der Waals surface area contributed by atoms with Crippen molar-refractivity contribution in [2.45, 2.75) is 6.61 Å². The van der Waals surface area contributed by atoms with Gasteiger partial charge in [-0.05, 0) is 23.3 Å². The molecule has 15 heavy (non-hydrogen) atoms. The summed E-state index contributed by atoms with van der Waals surface area (Å²) in [7, 11) is 0. The molecular weight excluding hydrogens is 188 g/mol. The van der Waals surface area contributed by atoms with Crippen LogP contribution < -0.4 is 4.74 Å². The van der Waals surface area contributed by atoms with Crippen molar-refractivity contribution >= 4 is 0 Å². The third-order valence-corrected chi connectivity index (χ3v) is 2.67. The van der Waals surface area contributed by atoms with Gasteiger partial charge in [0.1, 0.15) is 18.1 Å². The lowest BCUT2D eigenvalue weighted by Gasteiger charge is -2.21. The molecule has 2 heteroatoms. The highest BCUT2D eigenvalue weighted by Crippen LogP contribution is 2.42. The molecule has 0 radical (unpaired) electrons. The highest BCUT2D eigenvalue weighted by molar-refractivity contribution is 5.80. The number of phenolic OH excluding ortho intramolecular Hbond substituents is 1. The molecule has 0 aromatic heterocycles. The second kappa shape index (κ2) is 3.02. The number of aromatic hydroxyl groups is 1. The summed E-state index contributed by atoms with van der Waals surface area (Å²) in [4.78, 5) is 0. The summed E-state index contributed by atoms with van der Waals surface area (Å²) in [5, 5.41) is 9.82. The monoisotopic (exact) mass is 198 g/mol. The van der Waals surface area contributed by atoms with E-state index >= 15 is 0 Å². The van der Waals surface area contributed by atoms with E-state index in [1.54, 1.807) is 12.1 Å². The summed E-state index contributed by atoms with van der Waals surface area (Å²) < 4.78 is 5.57. The molecule has 0 aliphatic carbocycles. The predicted octanol–water partition coefficient (Wildman–Crippen LogP) is 2.95. The first kappa shape index (κ1) is 8.36. The molecule has 0 spiro atoms. The third kappa shape index (κ3) is 1.18. The summed E-state index contributed by atoms with van der Waals surface area (Å²) in [6.07, 6.45) is 0. The van der Waals surface area contributed by atoms with E-state index in [0.29, 0.717) is 6.61 Å². The fourth-order valence-electron chi connectivity index (χ4n) is 1.96. The number of rotatable bonds is 0. The first-order valence-electron chi connectivity index (χ1n) is 4.89. The number of hydrogen-bond donors (Lipinski definition) is 1. The first-order valence-corrected chi connectivity index (χ1v) is 4.89. The average Bonchev–Trinajstić information content (AvgIpc) is 2.29. The quantitative estimate of drug-likeness (QED) is 0.705. The maximum atomic E-state index is 9.82. The minimum atomic E-state index is 0.277. The SMILES string of the molecule is Oc1cccc2c1-c1ccccc1CO2. The van der Waals surface area contributed by atoms with Crippen LogP contribution in [0.25, 0.3) is 11.1 Å². The zero-order chi connectivity index (χ0) is 10.3. The van der Waals surface area contributed by atoms with Crippen molar-refractivity contribution in [1.29, 1.82) is 0 Å². The van der Waals surface area contributed by atoms with E-state index in [1.807, 2.05) is 30.3 Å². The Hall–Kier alpha value is -1.96. The molecule has 0 bridgehead atoms. The van der Waals surface area contributed by atoms with Gasteiger partial charge in [-0.15, -0.1) is 0 Å². The first-order chi connectivity index (χ1) is 7.36. The molecule has 1 heterocycles. The van der Waals surface area contributed by atoms with Crippen molar-refractivity contribution < 1.29 is 9.84 Å². The van der Waals surface area contributed by atoms with E-state index in [2.05, 4.69) is 0 Å². The van der Waals surface area contributed by atoms with E-state index in [0.717, 1.165) is 22.4 Å². The van der Waals surface area contributed by atoms with Gasteiger partial charge in [0.05, 0.1) is 5.56 Å². The predicted molar refractivity (Wildman–Crippen MR) is 57.9 cm³/mol. The van der Waals surface area contributed by atoms with Gasteiger partial charge in [-0.2, -0.15) is 0 Å². The third-order valence-electron chi connectivity index (χ3n) is 2.67. The number of fused-ring (bicyclic) bond motifs is 3. The topological polar surface area (TPSA) is 29.5 Å². The van der Waals surface area contributed by atoms with Crippen LogP contribution in [0, 0.1) is 0 Å². The highest BCUT2D eigenvalue weighted by atomic mass is 16.5. The van der Waals surface area contributed by atoms with Crippen molar-refractivity contribution in [1.82, 2.24) is 0 Å². The molecule has 2 nitrogen and oxygen atoms in total. The van der Waals surface area contributed by atoms with Crippen molar-refractivity contribution in [2.24, 2.45) is 0 Å². The summed E-state index contributed by atoms with van der Waals surface area (Å²) >= 11 is 0. The molecule has 0 saturated carbocycles. The second-order valence-electron chi connectivity index (χ2n) is 3.60. The van der Waals surface area contributed by atoms with Crippen LogP contribution in [-0.4, -0.2) is 5.11 Å². The van der Waals surface area contributed by atoms with Crippen LogP contribution in [0.1, 0.15) is 5.56 Å². The highest BCUT2D eigenvalue weighted by Gasteiger charge is 2.19. The Kier molecular flexibility index (Phi) is 1.68. The van der Waals surface area contributed by atoms with Gasteiger partial charge < -0.3 is 9.84 Å². The molecule has 0 saturated heterocycles. The summed E-state index contributed by atoms with van der Waals surface area (Å²) in [5.41, 5.74) is 2.99. The molecule has 2 aromatic carbocycles. The van der Waals surface area contributed by atoms with Crippen molar-refractivity contribution in [3.05, 3.63) is 48.0 Å². The zero-order valence-corrected chi connectivity index (χ0v) is 8.10. The minimum Gasteiger partial charge on any atom is -0.507 e. The number of phenols is 1. The van der Waals surface area contributed by atoms with Crippen molar-refractivity contribution in [2.75, 3.05) is 0 Å². The van der Waals surface area contributed by atoms with Crippen LogP contribution in [0.3, 0.4) is 0 Å². The van der Waals surface area contributed by atoms with Crippen LogP contribution in [0.5, 0.6) is 11.5 Å². The Morgan fingerprint density at radius 3 is 2.80 bits per heavy atom. The Morgan fingerprint density at radius 1 is 1.00 bits per heavy atom. The second-order valence-corrected chi connectivity index (χ2v) is 3.60. The molecule has 1 aliphatic heterocycles. The maximum Gasteiger partial charge on any atom is 0.131 e. The van der Waals surface area contributed by atoms with E-state index in [9.17, 15) is 5.11 Å². The van der Waals surface area contributed by atoms with E-state index in [-0.39, 0.29) is 5.75 Å².